The van der Waals surface area contributed by atoms with Crippen LogP contribution in [0.15, 0.2) is 41.3 Å². The quantitative estimate of drug-likeness (QED) is 0.699. The van der Waals surface area contributed by atoms with Crippen LogP contribution < -0.4 is 0 Å². The Kier molecular flexibility index (Phi) is 3.89. The molecule has 0 aliphatic heterocycles. The third kappa shape index (κ3) is 3.32. The van der Waals surface area contributed by atoms with Gasteiger partial charge in [0.2, 0.25) is 0 Å². The number of halogens is 2. The summed E-state index contributed by atoms with van der Waals surface area (Å²) in [6.45, 7) is 1.46. The van der Waals surface area contributed by atoms with Crippen LogP contribution in [0.2, 0.25) is 0 Å². The Hall–Kier alpha value is -2.12. The summed E-state index contributed by atoms with van der Waals surface area (Å²) in [5.41, 5.74) is 0.169. The summed E-state index contributed by atoms with van der Waals surface area (Å²) in [6.07, 6.45) is 0. The zero-order chi connectivity index (χ0) is 15.8. The molecule has 1 N–H and O–H groups in total. The maximum Gasteiger partial charge on any atom is 0.294 e. The number of rotatable bonds is 3. The molecule has 0 radical (unpaired) electrons. The highest BCUT2D eigenvalue weighted by Gasteiger charge is 2.17. The fourth-order valence-corrected chi connectivity index (χ4v) is 2.46. The Labute approximate surface area is 119 Å². The molecule has 21 heavy (non-hydrogen) atoms. The molecule has 0 saturated carbocycles. The molecule has 0 bridgehead atoms. The van der Waals surface area contributed by atoms with Gasteiger partial charge in [-0.1, -0.05) is 0 Å². The van der Waals surface area contributed by atoms with E-state index in [0.717, 1.165) is 24.3 Å². The van der Waals surface area contributed by atoms with E-state index in [9.17, 15) is 22.0 Å². The minimum absolute atomic E-state index is 0.0902. The predicted octanol–water partition coefficient (Wildman–Crippen LogP) is 2.75. The molecular weight excluding hydrogens is 302 g/mol. The van der Waals surface area contributed by atoms with E-state index in [-0.39, 0.29) is 21.6 Å². The van der Waals surface area contributed by atoms with Gasteiger partial charge in [-0.3, -0.25) is 9.35 Å². The van der Waals surface area contributed by atoms with E-state index in [0.29, 0.717) is 6.07 Å². The van der Waals surface area contributed by atoms with Crippen molar-refractivity contribution in [2.75, 3.05) is 0 Å². The summed E-state index contributed by atoms with van der Waals surface area (Å²) in [4.78, 5) is 11.8. The lowest BCUT2D eigenvalue weighted by Gasteiger charge is -2.07. The van der Waals surface area contributed by atoms with E-state index >= 15 is 0 Å². The van der Waals surface area contributed by atoms with Gasteiger partial charge in [0.15, 0.2) is 5.78 Å². The molecule has 0 aliphatic carbocycles. The third-order valence-electron chi connectivity index (χ3n) is 2.87. The molecule has 0 unspecified atom stereocenters. The van der Waals surface area contributed by atoms with E-state index in [1.54, 1.807) is 0 Å². The number of carbonyl (C=O) groups excluding carboxylic acids is 1. The van der Waals surface area contributed by atoms with Gasteiger partial charge in [-0.05, 0) is 42.8 Å². The van der Waals surface area contributed by atoms with Gasteiger partial charge in [0.25, 0.3) is 10.1 Å². The molecule has 0 heterocycles. The second-order valence-corrected chi connectivity index (χ2v) is 5.86. The van der Waals surface area contributed by atoms with E-state index in [1.807, 2.05) is 0 Å². The molecule has 7 heteroatoms. The van der Waals surface area contributed by atoms with Crippen LogP contribution in [-0.4, -0.2) is 18.8 Å². The SMILES string of the molecule is Cc1cc(S(=O)(=O)O)ccc1C(=O)c1cc(F)cc(F)c1. The zero-order valence-electron chi connectivity index (χ0n) is 10.8. The molecule has 0 aliphatic rings. The molecular formula is C14H10F2O4S. The van der Waals surface area contributed by atoms with Crippen LogP contribution in [0.4, 0.5) is 8.78 Å². The Morgan fingerprint density at radius 3 is 2.10 bits per heavy atom. The number of benzene rings is 2. The molecule has 2 aromatic carbocycles. The van der Waals surface area contributed by atoms with Crippen molar-refractivity contribution in [3.8, 4) is 0 Å². The third-order valence-corrected chi connectivity index (χ3v) is 3.71. The van der Waals surface area contributed by atoms with Crippen molar-refractivity contribution in [3.63, 3.8) is 0 Å². The van der Waals surface area contributed by atoms with Gasteiger partial charge in [-0.15, -0.1) is 0 Å². The van der Waals surface area contributed by atoms with Crippen molar-refractivity contribution in [1.82, 2.24) is 0 Å². The minimum Gasteiger partial charge on any atom is -0.289 e. The fraction of sp³-hybridized carbons (Fsp3) is 0.0714. The number of aryl methyl sites for hydroxylation is 1. The molecule has 0 aromatic heterocycles. The maximum absolute atomic E-state index is 13.1. The summed E-state index contributed by atoms with van der Waals surface area (Å²) in [6, 6.07) is 5.77. The van der Waals surface area contributed by atoms with E-state index < -0.39 is 27.5 Å². The first-order valence-electron chi connectivity index (χ1n) is 5.77. The number of hydrogen-bond donors (Lipinski definition) is 1. The summed E-state index contributed by atoms with van der Waals surface area (Å²) < 4.78 is 57.2. The topological polar surface area (TPSA) is 71.4 Å². The van der Waals surface area contributed by atoms with Crippen LogP contribution in [0.5, 0.6) is 0 Å². The van der Waals surface area contributed by atoms with Gasteiger partial charge < -0.3 is 0 Å². The zero-order valence-corrected chi connectivity index (χ0v) is 11.6. The van der Waals surface area contributed by atoms with Crippen molar-refractivity contribution in [2.24, 2.45) is 0 Å². The highest BCUT2D eigenvalue weighted by atomic mass is 32.2. The lowest BCUT2D eigenvalue weighted by atomic mass is 9.99. The molecule has 110 valence electrons. The van der Waals surface area contributed by atoms with E-state index in [2.05, 4.69) is 0 Å². The Bertz CT molecular complexity index is 809. The first-order valence-corrected chi connectivity index (χ1v) is 7.21. The maximum atomic E-state index is 13.1. The molecule has 0 fully saturated rings. The summed E-state index contributed by atoms with van der Waals surface area (Å²) in [5.74, 6) is -2.41. The lowest BCUT2D eigenvalue weighted by Crippen LogP contribution is -2.07. The van der Waals surface area contributed by atoms with Crippen LogP contribution in [0.25, 0.3) is 0 Å². The van der Waals surface area contributed by atoms with Crippen molar-refractivity contribution < 1.29 is 26.5 Å². The molecule has 0 amide bonds. The number of ketones is 1. The molecule has 0 spiro atoms. The van der Waals surface area contributed by atoms with Crippen molar-refractivity contribution in [1.29, 1.82) is 0 Å². The van der Waals surface area contributed by atoms with Gasteiger partial charge in [-0.2, -0.15) is 8.42 Å². The van der Waals surface area contributed by atoms with Crippen molar-refractivity contribution in [2.45, 2.75) is 11.8 Å². The Morgan fingerprint density at radius 2 is 1.62 bits per heavy atom. The average molecular weight is 312 g/mol. The summed E-state index contributed by atoms with van der Waals surface area (Å²) in [7, 11) is -4.38. The minimum atomic E-state index is -4.38. The number of hydrogen-bond acceptors (Lipinski definition) is 3. The Balaban J connectivity index is 2.49. The average Bonchev–Trinajstić information content (AvgIpc) is 2.35. The predicted molar refractivity (Wildman–Crippen MR) is 70.8 cm³/mol. The van der Waals surface area contributed by atoms with Crippen LogP contribution in [-0.2, 0) is 10.1 Å². The van der Waals surface area contributed by atoms with Crippen molar-refractivity contribution >= 4 is 15.9 Å². The standard InChI is InChI=1S/C14H10F2O4S/c1-8-4-12(21(18,19)20)2-3-13(8)14(17)9-5-10(15)7-11(16)6-9/h2-7H,1H3,(H,18,19,20). The molecule has 0 atom stereocenters. The van der Waals surface area contributed by atoms with Gasteiger partial charge >= 0.3 is 0 Å². The smallest absolute Gasteiger partial charge is 0.289 e. The normalized spacial score (nSPS) is 11.4. The first kappa shape index (κ1) is 15.3. The highest BCUT2D eigenvalue weighted by Crippen LogP contribution is 2.19. The van der Waals surface area contributed by atoms with Gasteiger partial charge in [0.1, 0.15) is 11.6 Å². The molecule has 2 aromatic rings. The van der Waals surface area contributed by atoms with Crippen LogP contribution in [0.1, 0.15) is 21.5 Å². The van der Waals surface area contributed by atoms with E-state index in [1.165, 1.54) is 13.0 Å². The van der Waals surface area contributed by atoms with Crippen molar-refractivity contribution in [3.05, 3.63) is 64.7 Å². The van der Waals surface area contributed by atoms with Gasteiger partial charge in [0, 0.05) is 17.2 Å². The molecule has 2 rings (SSSR count). The largest absolute Gasteiger partial charge is 0.294 e. The molecule has 4 nitrogen and oxygen atoms in total. The second-order valence-electron chi connectivity index (χ2n) is 4.44. The fourth-order valence-electron chi connectivity index (χ4n) is 1.89. The van der Waals surface area contributed by atoms with Gasteiger partial charge in [0.05, 0.1) is 4.90 Å². The van der Waals surface area contributed by atoms with Crippen LogP contribution in [0.3, 0.4) is 0 Å². The van der Waals surface area contributed by atoms with Crippen LogP contribution >= 0.6 is 0 Å². The lowest BCUT2D eigenvalue weighted by molar-refractivity contribution is 0.103. The van der Waals surface area contributed by atoms with E-state index in [4.69, 9.17) is 4.55 Å². The van der Waals surface area contributed by atoms with Crippen LogP contribution in [0, 0.1) is 18.6 Å². The summed E-state index contributed by atoms with van der Waals surface area (Å²) >= 11 is 0. The monoisotopic (exact) mass is 312 g/mol. The van der Waals surface area contributed by atoms with Gasteiger partial charge in [-0.25, -0.2) is 8.78 Å². The second kappa shape index (κ2) is 5.34. The first-order chi connectivity index (χ1) is 9.68. The molecule has 0 saturated heterocycles. The summed E-state index contributed by atoms with van der Waals surface area (Å²) in [5, 5.41) is 0. The highest BCUT2D eigenvalue weighted by molar-refractivity contribution is 7.85. The Morgan fingerprint density at radius 1 is 1.05 bits per heavy atom. The number of carbonyl (C=O) groups is 1.